The first-order chi connectivity index (χ1) is 9.18. The molecule has 104 valence electrons. The Labute approximate surface area is 111 Å². The Balaban J connectivity index is 2.01. The molecule has 0 fully saturated rings. The lowest BCUT2D eigenvalue weighted by Crippen LogP contribution is -2.38. The number of carboxylic acids is 1. The van der Waals surface area contributed by atoms with Crippen LogP contribution in [-0.4, -0.2) is 48.4 Å². The molecule has 0 aliphatic rings. The molecule has 0 unspecified atom stereocenters. The molecular formula is C12H17N3O4. The Bertz CT molecular complexity index is 397. The van der Waals surface area contributed by atoms with Gasteiger partial charge in [0.05, 0.1) is 6.61 Å². The van der Waals surface area contributed by atoms with Crippen molar-refractivity contribution >= 4 is 12.0 Å². The number of carbonyl (C=O) groups excluding carboxylic acids is 1. The van der Waals surface area contributed by atoms with Gasteiger partial charge in [0.25, 0.3) is 0 Å². The molecule has 0 spiro atoms. The van der Waals surface area contributed by atoms with Crippen molar-refractivity contribution in [2.45, 2.75) is 6.42 Å². The Morgan fingerprint density at radius 2 is 2.05 bits per heavy atom. The van der Waals surface area contributed by atoms with Crippen molar-refractivity contribution in [2.75, 3.05) is 26.3 Å². The molecular weight excluding hydrogens is 250 g/mol. The van der Waals surface area contributed by atoms with Gasteiger partial charge in [-0.3, -0.25) is 4.98 Å². The van der Waals surface area contributed by atoms with Crippen molar-refractivity contribution < 1.29 is 19.4 Å². The monoisotopic (exact) mass is 267 g/mol. The predicted molar refractivity (Wildman–Crippen MR) is 67.8 cm³/mol. The number of urea groups is 1. The summed E-state index contributed by atoms with van der Waals surface area (Å²) in [6.07, 6.45) is 2.36. The van der Waals surface area contributed by atoms with E-state index in [1.807, 2.05) is 18.2 Å². The van der Waals surface area contributed by atoms with Crippen LogP contribution < -0.4 is 10.6 Å². The third-order valence-electron chi connectivity index (χ3n) is 2.15. The molecule has 0 bridgehead atoms. The van der Waals surface area contributed by atoms with Crippen LogP contribution in [0.1, 0.15) is 5.69 Å². The van der Waals surface area contributed by atoms with Gasteiger partial charge in [0.1, 0.15) is 6.61 Å². The summed E-state index contributed by atoms with van der Waals surface area (Å²) < 4.78 is 4.77. The van der Waals surface area contributed by atoms with Crippen LogP contribution in [0.4, 0.5) is 4.79 Å². The normalized spacial score (nSPS) is 9.89. The maximum absolute atomic E-state index is 11.3. The summed E-state index contributed by atoms with van der Waals surface area (Å²) in [4.78, 5) is 25.6. The molecule has 19 heavy (non-hydrogen) atoms. The average molecular weight is 267 g/mol. The minimum Gasteiger partial charge on any atom is -0.480 e. The Hall–Kier alpha value is -2.15. The van der Waals surface area contributed by atoms with Crippen LogP contribution in [0.2, 0.25) is 0 Å². The smallest absolute Gasteiger partial charge is 0.329 e. The van der Waals surface area contributed by atoms with Gasteiger partial charge in [0, 0.05) is 31.4 Å². The van der Waals surface area contributed by atoms with Crippen molar-refractivity contribution in [3.63, 3.8) is 0 Å². The van der Waals surface area contributed by atoms with Crippen molar-refractivity contribution in [3.8, 4) is 0 Å². The fraction of sp³-hybridized carbons (Fsp3) is 0.417. The number of nitrogens with one attached hydrogen (secondary N) is 2. The molecule has 0 aromatic carbocycles. The summed E-state index contributed by atoms with van der Waals surface area (Å²) >= 11 is 0. The molecule has 0 atom stereocenters. The lowest BCUT2D eigenvalue weighted by Gasteiger charge is -2.07. The van der Waals surface area contributed by atoms with Crippen LogP contribution >= 0.6 is 0 Å². The Kier molecular flexibility index (Phi) is 6.96. The molecule has 0 saturated carbocycles. The molecule has 1 heterocycles. The SMILES string of the molecule is O=C(O)COCCNC(=O)NCCc1ccccn1. The number of ether oxygens (including phenoxy) is 1. The maximum atomic E-state index is 11.3. The molecule has 2 amide bonds. The van der Waals surface area contributed by atoms with E-state index in [0.717, 1.165) is 5.69 Å². The standard InChI is InChI=1S/C12H17N3O4/c16-11(17)9-19-8-7-15-12(18)14-6-4-10-3-1-2-5-13-10/h1-3,5H,4,6-9H2,(H,16,17)(H2,14,15,18). The molecule has 1 aromatic rings. The number of amides is 2. The van der Waals surface area contributed by atoms with Crippen LogP contribution in [0.3, 0.4) is 0 Å². The summed E-state index contributed by atoms with van der Waals surface area (Å²) in [6.45, 7) is 0.560. The predicted octanol–water partition coefficient (Wildman–Crippen LogP) is 0.0245. The second-order valence-corrected chi connectivity index (χ2v) is 3.70. The Morgan fingerprint density at radius 1 is 1.26 bits per heavy atom. The van der Waals surface area contributed by atoms with E-state index in [9.17, 15) is 9.59 Å². The quantitative estimate of drug-likeness (QED) is 0.577. The molecule has 0 aliphatic heterocycles. The lowest BCUT2D eigenvalue weighted by molar-refractivity contribution is -0.142. The van der Waals surface area contributed by atoms with Gasteiger partial charge >= 0.3 is 12.0 Å². The zero-order chi connectivity index (χ0) is 13.9. The molecule has 3 N–H and O–H groups in total. The zero-order valence-corrected chi connectivity index (χ0v) is 10.5. The fourth-order valence-corrected chi connectivity index (χ4v) is 1.31. The highest BCUT2D eigenvalue weighted by atomic mass is 16.5. The maximum Gasteiger partial charge on any atom is 0.329 e. The van der Waals surface area contributed by atoms with Gasteiger partial charge in [0.2, 0.25) is 0 Å². The number of aromatic nitrogens is 1. The number of nitrogens with zero attached hydrogens (tertiary/aromatic N) is 1. The number of rotatable bonds is 8. The van der Waals surface area contributed by atoms with Crippen molar-refractivity contribution in [2.24, 2.45) is 0 Å². The molecule has 7 heteroatoms. The van der Waals surface area contributed by atoms with E-state index in [4.69, 9.17) is 9.84 Å². The van der Waals surface area contributed by atoms with Crippen LogP contribution in [0.5, 0.6) is 0 Å². The van der Waals surface area contributed by atoms with Crippen LogP contribution in [0.25, 0.3) is 0 Å². The van der Waals surface area contributed by atoms with Crippen molar-refractivity contribution in [1.82, 2.24) is 15.6 Å². The van der Waals surface area contributed by atoms with E-state index in [-0.39, 0.29) is 25.8 Å². The first-order valence-electron chi connectivity index (χ1n) is 5.89. The summed E-state index contributed by atoms with van der Waals surface area (Å²) in [5.41, 5.74) is 0.910. The van der Waals surface area contributed by atoms with Crippen molar-refractivity contribution in [1.29, 1.82) is 0 Å². The van der Waals surface area contributed by atoms with E-state index < -0.39 is 5.97 Å². The number of hydrogen-bond donors (Lipinski definition) is 3. The first-order valence-corrected chi connectivity index (χ1v) is 5.89. The van der Waals surface area contributed by atoms with Gasteiger partial charge in [0.15, 0.2) is 0 Å². The number of aliphatic carboxylic acids is 1. The number of carbonyl (C=O) groups is 2. The van der Waals surface area contributed by atoms with Gasteiger partial charge < -0.3 is 20.5 Å². The lowest BCUT2D eigenvalue weighted by atomic mass is 10.3. The van der Waals surface area contributed by atoms with E-state index in [1.54, 1.807) is 6.20 Å². The molecule has 1 rings (SSSR count). The number of carboxylic acid groups (broad SMARTS) is 1. The summed E-state index contributed by atoms with van der Waals surface area (Å²) in [6, 6.07) is 5.30. The van der Waals surface area contributed by atoms with Crippen LogP contribution in [-0.2, 0) is 16.0 Å². The minimum absolute atomic E-state index is 0.167. The zero-order valence-electron chi connectivity index (χ0n) is 10.5. The molecule has 0 aliphatic carbocycles. The molecule has 7 nitrogen and oxygen atoms in total. The fourth-order valence-electron chi connectivity index (χ4n) is 1.31. The van der Waals surface area contributed by atoms with Gasteiger partial charge in [-0.1, -0.05) is 6.07 Å². The first kappa shape index (κ1) is 14.9. The van der Waals surface area contributed by atoms with Gasteiger partial charge in [-0.05, 0) is 12.1 Å². The van der Waals surface area contributed by atoms with E-state index >= 15 is 0 Å². The van der Waals surface area contributed by atoms with E-state index in [1.165, 1.54) is 0 Å². The summed E-state index contributed by atoms with van der Waals surface area (Å²) in [7, 11) is 0. The van der Waals surface area contributed by atoms with Crippen LogP contribution in [0.15, 0.2) is 24.4 Å². The third kappa shape index (κ3) is 7.72. The van der Waals surface area contributed by atoms with Crippen LogP contribution in [0, 0.1) is 0 Å². The van der Waals surface area contributed by atoms with E-state index in [2.05, 4.69) is 15.6 Å². The largest absolute Gasteiger partial charge is 0.480 e. The van der Waals surface area contributed by atoms with Gasteiger partial charge in [-0.2, -0.15) is 0 Å². The minimum atomic E-state index is -1.03. The van der Waals surface area contributed by atoms with E-state index in [0.29, 0.717) is 13.0 Å². The van der Waals surface area contributed by atoms with Crippen molar-refractivity contribution in [3.05, 3.63) is 30.1 Å². The molecule has 1 aromatic heterocycles. The van der Waals surface area contributed by atoms with Gasteiger partial charge in [-0.25, -0.2) is 9.59 Å². The average Bonchev–Trinajstić information content (AvgIpc) is 2.39. The summed E-state index contributed by atoms with van der Waals surface area (Å²) in [5, 5.41) is 13.5. The third-order valence-corrected chi connectivity index (χ3v) is 2.15. The number of hydrogen-bond acceptors (Lipinski definition) is 4. The topological polar surface area (TPSA) is 101 Å². The molecule has 0 saturated heterocycles. The summed E-state index contributed by atoms with van der Waals surface area (Å²) in [5.74, 6) is -1.03. The number of pyridine rings is 1. The van der Waals surface area contributed by atoms with Gasteiger partial charge in [-0.15, -0.1) is 0 Å². The highest BCUT2D eigenvalue weighted by molar-refractivity contribution is 5.73. The Morgan fingerprint density at radius 3 is 2.74 bits per heavy atom. The molecule has 0 radical (unpaired) electrons. The highest BCUT2D eigenvalue weighted by Crippen LogP contribution is 1.92. The second kappa shape index (κ2) is 8.87. The second-order valence-electron chi connectivity index (χ2n) is 3.70. The highest BCUT2D eigenvalue weighted by Gasteiger charge is 2.00.